The first-order valence-corrected chi connectivity index (χ1v) is 10.4. The number of anilines is 1. The Morgan fingerprint density at radius 1 is 0.857 bits per heavy atom. The van der Waals surface area contributed by atoms with Gasteiger partial charge in [-0.3, -0.25) is 4.79 Å². The van der Waals surface area contributed by atoms with Crippen LogP contribution in [-0.4, -0.2) is 5.78 Å². The highest BCUT2D eigenvalue weighted by Crippen LogP contribution is 2.53. The molecule has 138 valence electrons. The Labute approximate surface area is 169 Å². The van der Waals surface area contributed by atoms with Crippen LogP contribution >= 0.6 is 11.8 Å². The zero-order valence-electron chi connectivity index (χ0n) is 16.2. The number of carbonyl (C=O) groups is 1. The molecule has 0 aromatic heterocycles. The number of thioether (sulfide) groups is 1. The predicted octanol–water partition coefficient (Wildman–Crippen LogP) is 6.48. The van der Waals surface area contributed by atoms with Gasteiger partial charge in [0.2, 0.25) is 0 Å². The van der Waals surface area contributed by atoms with Gasteiger partial charge in [0.05, 0.1) is 16.6 Å². The number of para-hydroxylation sites is 1. The summed E-state index contributed by atoms with van der Waals surface area (Å²) in [5.41, 5.74) is 9.69. The van der Waals surface area contributed by atoms with E-state index in [0.717, 1.165) is 28.1 Å². The quantitative estimate of drug-likeness (QED) is 0.521. The minimum absolute atomic E-state index is 0.0355. The summed E-state index contributed by atoms with van der Waals surface area (Å²) in [6.45, 7) is 6.45. The molecule has 1 N–H and O–H groups in total. The fourth-order valence-corrected chi connectivity index (χ4v) is 5.98. The highest BCUT2D eigenvalue weighted by molar-refractivity contribution is 8.00. The van der Waals surface area contributed by atoms with Crippen LogP contribution in [0.15, 0.2) is 71.1 Å². The van der Waals surface area contributed by atoms with Crippen LogP contribution in [-0.2, 0) is 0 Å². The maximum absolute atomic E-state index is 13.5. The van der Waals surface area contributed by atoms with Crippen LogP contribution in [0.2, 0.25) is 0 Å². The number of benzene rings is 3. The first-order chi connectivity index (χ1) is 13.5. The van der Waals surface area contributed by atoms with E-state index in [4.69, 9.17) is 0 Å². The molecular weight excluding hydrogens is 362 g/mol. The lowest BCUT2D eigenvalue weighted by Crippen LogP contribution is -2.10. The fraction of sp³-hybridized carbons (Fsp3) is 0.160. The number of carbonyl (C=O) groups excluding carboxylic acids is 1. The molecule has 0 bridgehead atoms. The molecule has 3 aromatic carbocycles. The largest absolute Gasteiger partial charge is 0.354 e. The van der Waals surface area contributed by atoms with E-state index in [9.17, 15) is 4.79 Å². The number of rotatable bonds is 1. The van der Waals surface area contributed by atoms with Gasteiger partial charge in [-0.15, -0.1) is 11.8 Å². The SMILES string of the molecule is Cc1cc(C)c([C@H]2Sc3ccccc3NC3=C2C(=O)c2ccccc23)c(C)c1. The van der Waals surface area contributed by atoms with E-state index >= 15 is 0 Å². The van der Waals surface area contributed by atoms with Crippen molar-refractivity contribution >= 4 is 28.9 Å². The molecule has 2 aliphatic rings. The predicted molar refractivity (Wildman–Crippen MR) is 117 cm³/mol. The van der Waals surface area contributed by atoms with E-state index in [1.807, 2.05) is 30.3 Å². The van der Waals surface area contributed by atoms with E-state index in [-0.39, 0.29) is 11.0 Å². The fourth-order valence-electron chi connectivity index (χ4n) is 4.49. The third-order valence-electron chi connectivity index (χ3n) is 5.61. The number of ketones is 1. The van der Waals surface area contributed by atoms with Crippen molar-refractivity contribution in [3.05, 3.63) is 99.6 Å². The Morgan fingerprint density at radius 2 is 1.50 bits per heavy atom. The Morgan fingerprint density at radius 3 is 2.25 bits per heavy atom. The summed E-state index contributed by atoms with van der Waals surface area (Å²) < 4.78 is 0. The summed E-state index contributed by atoms with van der Waals surface area (Å²) in [5, 5.41) is 3.56. The van der Waals surface area contributed by atoms with Crippen molar-refractivity contribution < 1.29 is 4.79 Å². The van der Waals surface area contributed by atoms with E-state index in [1.54, 1.807) is 11.8 Å². The Balaban J connectivity index is 1.79. The zero-order chi connectivity index (χ0) is 19.4. The average Bonchev–Trinajstić information content (AvgIpc) is 2.83. The number of aryl methyl sites for hydroxylation is 3. The highest BCUT2D eigenvalue weighted by atomic mass is 32.2. The van der Waals surface area contributed by atoms with Crippen molar-refractivity contribution in [2.24, 2.45) is 0 Å². The van der Waals surface area contributed by atoms with Gasteiger partial charge in [-0.1, -0.05) is 54.1 Å². The molecule has 28 heavy (non-hydrogen) atoms. The van der Waals surface area contributed by atoms with Gasteiger partial charge in [0.15, 0.2) is 5.78 Å². The minimum atomic E-state index is -0.0355. The first-order valence-electron chi connectivity index (χ1n) is 9.53. The van der Waals surface area contributed by atoms with Crippen molar-refractivity contribution in [1.82, 2.24) is 0 Å². The summed E-state index contributed by atoms with van der Waals surface area (Å²) in [6.07, 6.45) is 0. The number of Topliss-reactive ketones (excluding diaryl/α,β-unsaturated/α-hetero) is 1. The summed E-state index contributed by atoms with van der Waals surface area (Å²) in [6, 6.07) is 20.7. The third kappa shape index (κ3) is 2.54. The van der Waals surface area contributed by atoms with E-state index in [2.05, 4.69) is 56.4 Å². The molecule has 5 rings (SSSR count). The van der Waals surface area contributed by atoms with E-state index in [0.29, 0.717) is 0 Å². The molecule has 3 aromatic rings. The van der Waals surface area contributed by atoms with Crippen LogP contribution < -0.4 is 5.32 Å². The smallest absolute Gasteiger partial charge is 0.193 e. The molecule has 0 spiro atoms. The average molecular weight is 384 g/mol. The highest BCUT2D eigenvalue weighted by Gasteiger charge is 2.38. The van der Waals surface area contributed by atoms with Gasteiger partial charge in [-0.05, 0) is 49.6 Å². The van der Waals surface area contributed by atoms with Crippen LogP contribution in [0.1, 0.15) is 43.4 Å². The summed E-state index contributed by atoms with van der Waals surface area (Å²) >= 11 is 1.77. The van der Waals surface area contributed by atoms with Crippen LogP contribution in [0.5, 0.6) is 0 Å². The second-order valence-corrected chi connectivity index (χ2v) is 8.74. The maximum atomic E-state index is 13.5. The lowest BCUT2D eigenvalue weighted by atomic mass is 9.92. The van der Waals surface area contributed by atoms with Gasteiger partial charge in [0.1, 0.15) is 0 Å². The molecule has 0 saturated carbocycles. The zero-order valence-corrected chi connectivity index (χ0v) is 17.0. The van der Waals surface area contributed by atoms with Crippen molar-refractivity contribution in [2.75, 3.05) is 5.32 Å². The van der Waals surface area contributed by atoms with E-state index in [1.165, 1.54) is 27.1 Å². The lowest BCUT2D eigenvalue weighted by molar-refractivity contribution is 0.103. The van der Waals surface area contributed by atoms with Crippen molar-refractivity contribution in [2.45, 2.75) is 30.9 Å². The van der Waals surface area contributed by atoms with Gasteiger partial charge in [-0.2, -0.15) is 0 Å². The molecule has 0 unspecified atom stereocenters. The first kappa shape index (κ1) is 17.3. The molecule has 1 aliphatic carbocycles. The lowest BCUT2D eigenvalue weighted by Gasteiger charge is -2.22. The number of hydrogen-bond acceptors (Lipinski definition) is 3. The molecule has 0 saturated heterocycles. The molecule has 1 heterocycles. The van der Waals surface area contributed by atoms with Gasteiger partial charge < -0.3 is 5.32 Å². The molecule has 1 aliphatic heterocycles. The molecule has 0 radical (unpaired) electrons. The Bertz CT molecular complexity index is 1150. The van der Waals surface area contributed by atoms with E-state index < -0.39 is 0 Å². The molecule has 1 atom stereocenters. The summed E-state index contributed by atoms with van der Waals surface area (Å²) in [7, 11) is 0. The van der Waals surface area contributed by atoms with Crippen LogP contribution in [0, 0.1) is 20.8 Å². The second kappa shape index (κ2) is 6.39. The van der Waals surface area contributed by atoms with Gasteiger partial charge in [0, 0.05) is 21.6 Å². The summed E-state index contributed by atoms with van der Waals surface area (Å²) in [4.78, 5) is 14.7. The third-order valence-corrected chi connectivity index (χ3v) is 6.93. The maximum Gasteiger partial charge on any atom is 0.193 e. The number of nitrogens with one attached hydrogen (secondary N) is 1. The topological polar surface area (TPSA) is 29.1 Å². The van der Waals surface area contributed by atoms with Gasteiger partial charge >= 0.3 is 0 Å². The normalized spacial score (nSPS) is 17.5. The molecule has 3 heteroatoms. The van der Waals surface area contributed by atoms with Gasteiger partial charge in [-0.25, -0.2) is 0 Å². The Hall–Kier alpha value is -2.78. The van der Waals surface area contributed by atoms with Crippen LogP contribution in [0.25, 0.3) is 5.70 Å². The molecule has 0 amide bonds. The molecular formula is C25H21NOS. The van der Waals surface area contributed by atoms with Crippen LogP contribution in [0.3, 0.4) is 0 Å². The summed E-state index contributed by atoms with van der Waals surface area (Å²) in [5.74, 6) is 0.141. The number of hydrogen-bond donors (Lipinski definition) is 1. The van der Waals surface area contributed by atoms with Crippen molar-refractivity contribution in [3.8, 4) is 0 Å². The standard InChI is InChI=1S/C25H21NOS/c1-14-12-15(2)21(16(3)13-14)25-22-23(17-8-4-5-9-18(17)24(22)27)26-19-10-6-7-11-20(19)28-25/h4-13,25-26H,1-3H3/t25-/m1/s1. The number of fused-ring (bicyclic) bond motifs is 3. The monoisotopic (exact) mass is 383 g/mol. The van der Waals surface area contributed by atoms with Crippen molar-refractivity contribution in [3.63, 3.8) is 0 Å². The molecule has 0 fully saturated rings. The Kier molecular flexibility index (Phi) is 3.95. The minimum Gasteiger partial charge on any atom is -0.354 e. The van der Waals surface area contributed by atoms with Gasteiger partial charge in [0.25, 0.3) is 0 Å². The molecule has 2 nitrogen and oxygen atoms in total. The second-order valence-electron chi connectivity index (χ2n) is 7.59. The van der Waals surface area contributed by atoms with Crippen molar-refractivity contribution in [1.29, 1.82) is 0 Å². The van der Waals surface area contributed by atoms with Crippen LogP contribution in [0.4, 0.5) is 5.69 Å².